The van der Waals surface area contributed by atoms with Crippen LogP contribution in [0.15, 0.2) is 48.5 Å². The number of aryl methyl sites for hydroxylation is 1. The number of hydrogen-bond donors (Lipinski definition) is 2. The predicted octanol–water partition coefficient (Wildman–Crippen LogP) is 3.50. The van der Waals surface area contributed by atoms with E-state index in [2.05, 4.69) is 35.8 Å². The molecule has 2 heterocycles. The quantitative estimate of drug-likeness (QED) is 0.707. The lowest BCUT2D eigenvalue weighted by Crippen LogP contribution is -2.10. The predicted molar refractivity (Wildman–Crippen MR) is 100 cm³/mol. The minimum Gasteiger partial charge on any atom is -0.454 e. The van der Waals surface area contributed by atoms with E-state index in [0.29, 0.717) is 6.54 Å². The van der Waals surface area contributed by atoms with Crippen molar-refractivity contribution in [3.05, 3.63) is 70.9 Å². The molecule has 1 aromatic heterocycles. The number of rotatable bonds is 4. The van der Waals surface area contributed by atoms with Crippen molar-refractivity contribution in [2.24, 2.45) is 5.73 Å². The Labute approximate surface area is 152 Å². The highest BCUT2D eigenvalue weighted by molar-refractivity contribution is 5.63. The van der Waals surface area contributed by atoms with E-state index in [9.17, 15) is 5.11 Å². The fourth-order valence-electron chi connectivity index (χ4n) is 3.35. The number of aromatic nitrogens is 1. The molecule has 1 aliphatic rings. The van der Waals surface area contributed by atoms with Crippen molar-refractivity contribution in [1.29, 1.82) is 0 Å². The highest BCUT2D eigenvalue weighted by Crippen LogP contribution is 2.34. The average molecular weight is 350 g/mol. The van der Waals surface area contributed by atoms with E-state index < -0.39 is 6.23 Å². The van der Waals surface area contributed by atoms with Crippen LogP contribution in [-0.2, 0) is 6.54 Å². The molecule has 4 rings (SSSR count). The molecule has 0 bridgehead atoms. The molecule has 26 heavy (non-hydrogen) atoms. The van der Waals surface area contributed by atoms with Crippen molar-refractivity contribution in [2.75, 3.05) is 6.79 Å². The van der Waals surface area contributed by atoms with Crippen LogP contribution in [0.1, 0.15) is 28.6 Å². The second-order valence-corrected chi connectivity index (χ2v) is 6.65. The Bertz CT molecular complexity index is 943. The first-order chi connectivity index (χ1) is 12.5. The Hall–Kier alpha value is -2.76. The Morgan fingerprint density at radius 3 is 2.50 bits per heavy atom. The second-order valence-electron chi connectivity index (χ2n) is 6.65. The molecule has 1 atom stereocenters. The zero-order valence-electron chi connectivity index (χ0n) is 14.9. The molecule has 5 nitrogen and oxygen atoms in total. The van der Waals surface area contributed by atoms with Gasteiger partial charge in [-0.3, -0.25) is 0 Å². The molecule has 0 radical (unpaired) electrons. The Balaban J connectivity index is 1.77. The fraction of sp³-hybridized carbons (Fsp3) is 0.238. The molecular formula is C21H22N2O3. The van der Waals surface area contributed by atoms with Crippen molar-refractivity contribution in [2.45, 2.75) is 26.6 Å². The third-order valence-corrected chi connectivity index (χ3v) is 4.85. The van der Waals surface area contributed by atoms with Gasteiger partial charge < -0.3 is 24.9 Å². The first kappa shape index (κ1) is 16.7. The summed E-state index contributed by atoms with van der Waals surface area (Å²) in [6.07, 6.45) is -1.00. The minimum atomic E-state index is -1.00. The zero-order chi connectivity index (χ0) is 18.3. The van der Waals surface area contributed by atoms with Crippen LogP contribution in [0.5, 0.6) is 11.5 Å². The molecule has 3 aromatic rings. The summed E-state index contributed by atoms with van der Waals surface area (Å²) in [4.78, 5) is 0. The van der Waals surface area contributed by atoms with Crippen LogP contribution >= 0.6 is 0 Å². The van der Waals surface area contributed by atoms with Gasteiger partial charge in [0, 0.05) is 23.5 Å². The van der Waals surface area contributed by atoms with Gasteiger partial charge in [-0.05, 0) is 43.2 Å². The first-order valence-corrected chi connectivity index (χ1v) is 8.62. The standard InChI is InChI=1S/C21H22N2O3/c1-13-3-6-16(7-4-13)18-10-17(21(22)24)14(2)23(18)11-15-5-8-19-20(9-15)26-12-25-19/h3-10,21,24H,11-12,22H2,1-2H3. The maximum atomic E-state index is 9.95. The molecule has 0 saturated carbocycles. The number of fused-ring (bicyclic) bond motifs is 1. The summed E-state index contributed by atoms with van der Waals surface area (Å²) in [7, 11) is 0. The van der Waals surface area contributed by atoms with Gasteiger partial charge in [-0.2, -0.15) is 0 Å². The van der Waals surface area contributed by atoms with Crippen LogP contribution in [0, 0.1) is 13.8 Å². The summed E-state index contributed by atoms with van der Waals surface area (Å²) in [5.41, 5.74) is 11.9. The van der Waals surface area contributed by atoms with E-state index in [1.807, 2.05) is 31.2 Å². The van der Waals surface area contributed by atoms with Gasteiger partial charge in [0.15, 0.2) is 11.5 Å². The summed E-state index contributed by atoms with van der Waals surface area (Å²) >= 11 is 0. The van der Waals surface area contributed by atoms with Crippen LogP contribution in [0.4, 0.5) is 0 Å². The van der Waals surface area contributed by atoms with Crippen LogP contribution in [0.25, 0.3) is 11.3 Å². The van der Waals surface area contributed by atoms with Gasteiger partial charge in [0.05, 0.1) is 0 Å². The average Bonchev–Trinajstić information content (AvgIpc) is 3.21. The fourth-order valence-corrected chi connectivity index (χ4v) is 3.35. The van der Waals surface area contributed by atoms with Crippen molar-refractivity contribution < 1.29 is 14.6 Å². The Morgan fingerprint density at radius 1 is 1.04 bits per heavy atom. The Morgan fingerprint density at radius 2 is 1.77 bits per heavy atom. The third kappa shape index (κ3) is 2.96. The van der Waals surface area contributed by atoms with Crippen LogP contribution in [-0.4, -0.2) is 16.5 Å². The second kappa shape index (κ2) is 6.52. The zero-order valence-corrected chi connectivity index (χ0v) is 14.9. The normalized spacial score (nSPS) is 13.8. The van der Waals surface area contributed by atoms with Gasteiger partial charge in [-0.25, -0.2) is 0 Å². The maximum Gasteiger partial charge on any atom is 0.231 e. The summed E-state index contributed by atoms with van der Waals surface area (Å²) in [6, 6.07) is 16.3. The van der Waals surface area contributed by atoms with E-state index in [-0.39, 0.29) is 6.79 Å². The minimum absolute atomic E-state index is 0.263. The van der Waals surface area contributed by atoms with Gasteiger partial charge in [0.2, 0.25) is 6.79 Å². The van der Waals surface area contributed by atoms with E-state index in [1.165, 1.54) is 5.56 Å². The summed E-state index contributed by atoms with van der Waals surface area (Å²) in [6.45, 7) is 4.96. The third-order valence-electron chi connectivity index (χ3n) is 4.85. The number of hydrogen-bond acceptors (Lipinski definition) is 4. The van der Waals surface area contributed by atoms with Gasteiger partial charge >= 0.3 is 0 Å². The smallest absolute Gasteiger partial charge is 0.231 e. The summed E-state index contributed by atoms with van der Waals surface area (Å²) in [5, 5.41) is 9.95. The van der Waals surface area contributed by atoms with Crippen LogP contribution in [0.2, 0.25) is 0 Å². The molecule has 0 saturated heterocycles. The van der Waals surface area contributed by atoms with Crippen molar-refractivity contribution in [3.63, 3.8) is 0 Å². The van der Waals surface area contributed by atoms with E-state index >= 15 is 0 Å². The molecule has 3 N–H and O–H groups in total. The number of aliphatic hydroxyl groups is 1. The molecule has 1 unspecified atom stereocenters. The largest absolute Gasteiger partial charge is 0.454 e. The van der Waals surface area contributed by atoms with E-state index in [4.69, 9.17) is 15.2 Å². The molecule has 0 aliphatic carbocycles. The summed E-state index contributed by atoms with van der Waals surface area (Å²) in [5.74, 6) is 1.54. The van der Waals surface area contributed by atoms with E-state index in [0.717, 1.165) is 39.6 Å². The molecule has 0 fully saturated rings. The number of nitrogens with two attached hydrogens (primary N) is 1. The van der Waals surface area contributed by atoms with Gasteiger partial charge in [-0.1, -0.05) is 35.9 Å². The lowest BCUT2D eigenvalue weighted by Gasteiger charge is -2.13. The van der Waals surface area contributed by atoms with E-state index in [1.54, 1.807) is 0 Å². The van der Waals surface area contributed by atoms with Crippen LogP contribution < -0.4 is 15.2 Å². The summed E-state index contributed by atoms with van der Waals surface area (Å²) < 4.78 is 13.0. The number of nitrogens with zero attached hydrogens (tertiary/aromatic N) is 1. The molecule has 0 amide bonds. The Kier molecular flexibility index (Phi) is 4.18. The first-order valence-electron chi connectivity index (χ1n) is 8.62. The molecular weight excluding hydrogens is 328 g/mol. The van der Waals surface area contributed by atoms with Gasteiger partial charge in [0.25, 0.3) is 0 Å². The number of benzene rings is 2. The lowest BCUT2D eigenvalue weighted by atomic mass is 10.1. The van der Waals surface area contributed by atoms with Crippen molar-refractivity contribution >= 4 is 0 Å². The van der Waals surface area contributed by atoms with Gasteiger partial charge in [-0.15, -0.1) is 0 Å². The highest BCUT2D eigenvalue weighted by atomic mass is 16.7. The molecule has 0 spiro atoms. The van der Waals surface area contributed by atoms with Gasteiger partial charge in [0.1, 0.15) is 6.23 Å². The van der Waals surface area contributed by atoms with Crippen molar-refractivity contribution in [3.8, 4) is 22.8 Å². The molecule has 134 valence electrons. The number of aliphatic hydroxyl groups excluding tert-OH is 1. The van der Waals surface area contributed by atoms with Crippen molar-refractivity contribution in [1.82, 2.24) is 4.57 Å². The molecule has 2 aromatic carbocycles. The monoisotopic (exact) mass is 350 g/mol. The molecule has 5 heteroatoms. The lowest BCUT2D eigenvalue weighted by molar-refractivity contribution is 0.174. The molecule has 1 aliphatic heterocycles. The topological polar surface area (TPSA) is 69.6 Å². The van der Waals surface area contributed by atoms with Crippen LogP contribution in [0.3, 0.4) is 0 Å². The number of ether oxygens (including phenoxy) is 2. The maximum absolute atomic E-state index is 9.95. The SMILES string of the molecule is Cc1ccc(-c2cc(C(N)O)c(C)n2Cc2ccc3c(c2)OCO3)cc1. The highest BCUT2D eigenvalue weighted by Gasteiger charge is 2.18.